The van der Waals surface area contributed by atoms with Gasteiger partial charge in [-0.1, -0.05) is 13.3 Å². The SMILES string of the molecule is CCCNC(=O)C1CCc2nc(N3CCN(C(=O)C4CCC4)CC3)sc2C1. The number of aromatic nitrogens is 1. The van der Waals surface area contributed by atoms with E-state index in [4.69, 9.17) is 4.98 Å². The van der Waals surface area contributed by atoms with Crippen LogP contribution in [0.3, 0.4) is 0 Å². The Hall–Kier alpha value is -1.63. The van der Waals surface area contributed by atoms with E-state index in [1.54, 1.807) is 11.3 Å². The number of nitrogens with zero attached hydrogens (tertiary/aromatic N) is 3. The highest BCUT2D eigenvalue weighted by Gasteiger charge is 2.33. The molecule has 2 aliphatic carbocycles. The van der Waals surface area contributed by atoms with Gasteiger partial charge in [-0.2, -0.15) is 0 Å². The maximum absolute atomic E-state index is 12.4. The minimum Gasteiger partial charge on any atom is -0.356 e. The molecule has 1 aromatic heterocycles. The van der Waals surface area contributed by atoms with Gasteiger partial charge in [-0.25, -0.2) is 4.98 Å². The molecule has 2 heterocycles. The molecule has 2 fully saturated rings. The molecule has 1 aromatic rings. The van der Waals surface area contributed by atoms with Crippen molar-refractivity contribution in [2.75, 3.05) is 37.6 Å². The predicted octanol–water partition coefficient (Wildman–Crippen LogP) is 2.22. The molecule has 0 bridgehead atoms. The van der Waals surface area contributed by atoms with Gasteiger partial charge in [0.15, 0.2) is 5.13 Å². The predicted molar refractivity (Wildman–Crippen MR) is 107 cm³/mol. The van der Waals surface area contributed by atoms with Crippen molar-refractivity contribution in [3.8, 4) is 0 Å². The molecule has 1 saturated heterocycles. The maximum Gasteiger partial charge on any atom is 0.225 e. The second-order valence-corrected chi connectivity index (χ2v) is 9.10. The lowest BCUT2D eigenvalue weighted by Gasteiger charge is -2.38. The average Bonchev–Trinajstić information content (AvgIpc) is 3.08. The Morgan fingerprint density at radius 1 is 1.15 bits per heavy atom. The molecule has 0 radical (unpaired) electrons. The zero-order valence-electron chi connectivity index (χ0n) is 16.2. The number of fused-ring (bicyclic) bond motifs is 1. The molecule has 4 rings (SSSR count). The molecule has 0 aromatic carbocycles. The van der Waals surface area contributed by atoms with Crippen molar-refractivity contribution in [2.24, 2.45) is 11.8 Å². The van der Waals surface area contributed by atoms with E-state index in [2.05, 4.69) is 17.1 Å². The lowest BCUT2D eigenvalue weighted by molar-refractivity contribution is -0.138. The molecule has 2 amide bonds. The number of anilines is 1. The van der Waals surface area contributed by atoms with Gasteiger partial charge < -0.3 is 15.1 Å². The number of amides is 2. The Morgan fingerprint density at radius 3 is 2.59 bits per heavy atom. The lowest BCUT2D eigenvalue weighted by atomic mass is 9.84. The highest BCUT2D eigenvalue weighted by atomic mass is 32.1. The molecular formula is C20H30N4O2S. The Labute approximate surface area is 165 Å². The topological polar surface area (TPSA) is 65.5 Å². The summed E-state index contributed by atoms with van der Waals surface area (Å²) in [6.07, 6.45) is 6.95. The molecule has 148 valence electrons. The lowest BCUT2D eigenvalue weighted by Crippen LogP contribution is -2.51. The van der Waals surface area contributed by atoms with Gasteiger partial charge in [-0.3, -0.25) is 9.59 Å². The summed E-state index contributed by atoms with van der Waals surface area (Å²) in [6.45, 7) is 6.19. The molecule has 1 atom stereocenters. The van der Waals surface area contributed by atoms with Gasteiger partial charge >= 0.3 is 0 Å². The van der Waals surface area contributed by atoms with E-state index >= 15 is 0 Å². The number of carbonyl (C=O) groups is 2. The summed E-state index contributed by atoms with van der Waals surface area (Å²) >= 11 is 1.75. The van der Waals surface area contributed by atoms with Crippen LogP contribution in [0.15, 0.2) is 0 Å². The van der Waals surface area contributed by atoms with E-state index < -0.39 is 0 Å². The van der Waals surface area contributed by atoms with Crippen LogP contribution in [0.4, 0.5) is 5.13 Å². The largest absolute Gasteiger partial charge is 0.356 e. The van der Waals surface area contributed by atoms with Gasteiger partial charge in [-0.05, 0) is 38.5 Å². The standard InChI is InChI=1S/C20H30N4O2S/c1-2-8-21-18(25)15-6-7-16-17(13-15)27-20(22-16)24-11-9-23(10-12-24)19(26)14-4-3-5-14/h14-15H,2-13H2,1H3,(H,21,25). The first-order valence-electron chi connectivity index (χ1n) is 10.5. The van der Waals surface area contributed by atoms with Gasteiger partial charge in [0.2, 0.25) is 11.8 Å². The first kappa shape index (κ1) is 18.7. The average molecular weight is 391 g/mol. The molecule has 7 heteroatoms. The summed E-state index contributed by atoms with van der Waals surface area (Å²) in [4.78, 5) is 35.2. The second-order valence-electron chi connectivity index (χ2n) is 8.04. The zero-order chi connectivity index (χ0) is 18.8. The van der Waals surface area contributed by atoms with Crippen LogP contribution in [0.2, 0.25) is 0 Å². The van der Waals surface area contributed by atoms with E-state index in [1.165, 1.54) is 17.0 Å². The fourth-order valence-corrected chi connectivity index (χ4v) is 5.38. The van der Waals surface area contributed by atoms with Crippen molar-refractivity contribution in [3.05, 3.63) is 10.6 Å². The van der Waals surface area contributed by atoms with Crippen LogP contribution in [0.5, 0.6) is 0 Å². The Balaban J connectivity index is 1.33. The van der Waals surface area contributed by atoms with Gasteiger partial charge in [0, 0.05) is 49.4 Å². The Morgan fingerprint density at radius 2 is 1.93 bits per heavy atom. The number of hydrogen-bond donors (Lipinski definition) is 1. The number of hydrogen-bond acceptors (Lipinski definition) is 5. The third-order valence-corrected chi connectivity index (χ3v) is 7.35. The molecule has 27 heavy (non-hydrogen) atoms. The van der Waals surface area contributed by atoms with Crippen LogP contribution in [-0.4, -0.2) is 54.4 Å². The number of nitrogens with one attached hydrogen (secondary N) is 1. The molecule has 6 nitrogen and oxygen atoms in total. The first-order valence-corrected chi connectivity index (χ1v) is 11.3. The smallest absolute Gasteiger partial charge is 0.225 e. The summed E-state index contributed by atoms with van der Waals surface area (Å²) in [5, 5.41) is 4.11. The van der Waals surface area contributed by atoms with Crippen molar-refractivity contribution < 1.29 is 9.59 Å². The van der Waals surface area contributed by atoms with Crippen LogP contribution < -0.4 is 10.2 Å². The normalized spacial score (nSPS) is 22.9. The molecule has 1 aliphatic heterocycles. The Bertz CT molecular complexity index is 692. The summed E-state index contributed by atoms with van der Waals surface area (Å²) in [7, 11) is 0. The van der Waals surface area contributed by atoms with Gasteiger partial charge in [-0.15, -0.1) is 11.3 Å². The third-order valence-electron chi connectivity index (χ3n) is 6.16. The molecule has 0 spiro atoms. The monoisotopic (exact) mass is 390 g/mol. The fourth-order valence-electron chi connectivity index (χ4n) is 4.14. The van der Waals surface area contributed by atoms with E-state index in [9.17, 15) is 9.59 Å². The summed E-state index contributed by atoms with van der Waals surface area (Å²) < 4.78 is 0. The number of thiazole rings is 1. The number of aryl methyl sites for hydroxylation is 1. The van der Waals surface area contributed by atoms with Crippen molar-refractivity contribution >= 4 is 28.3 Å². The van der Waals surface area contributed by atoms with Crippen molar-refractivity contribution in [1.29, 1.82) is 0 Å². The van der Waals surface area contributed by atoms with Crippen molar-refractivity contribution in [2.45, 2.75) is 51.9 Å². The summed E-state index contributed by atoms with van der Waals surface area (Å²) in [5.41, 5.74) is 1.18. The molecule has 3 aliphatic rings. The van der Waals surface area contributed by atoms with Gasteiger partial charge in [0.1, 0.15) is 0 Å². The summed E-state index contributed by atoms with van der Waals surface area (Å²) in [5.74, 6) is 0.939. The zero-order valence-corrected chi connectivity index (χ0v) is 17.0. The molecule has 1 saturated carbocycles. The fraction of sp³-hybridized carbons (Fsp3) is 0.750. The van der Waals surface area contributed by atoms with Crippen LogP contribution in [0, 0.1) is 11.8 Å². The third kappa shape index (κ3) is 3.98. The highest BCUT2D eigenvalue weighted by Crippen LogP contribution is 2.35. The van der Waals surface area contributed by atoms with Gasteiger partial charge in [0.05, 0.1) is 5.69 Å². The number of rotatable bonds is 5. The van der Waals surface area contributed by atoms with E-state index in [-0.39, 0.29) is 11.8 Å². The Kier molecular flexibility index (Phi) is 5.66. The molecule has 1 unspecified atom stereocenters. The minimum atomic E-state index is 0.0919. The van der Waals surface area contributed by atoms with Crippen LogP contribution in [0.1, 0.15) is 49.6 Å². The minimum absolute atomic E-state index is 0.0919. The van der Waals surface area contributed by atoms with E-state index in [1.807, 2.05) is 4.90 Å². The molecule has 1 N–H and O–H groups in total. The second kappa shape index (κ2) is 8.17. The van der Waals surface area contributed by atoms with Crippen LogP contribution >= 0.6 is 11.3 Å². The van der Waals surface area contributed by atoms with Crippen molar-refractivity contribution in [1.82, 2.24) is 15.2 Å². The van der Waals surface area contributed by atoms with E-state index in [0.29, 0.717) is 11.8 Å². The molecular weight excluding hydrogens is 360 g/mol. The van der Waals surface area contributed by atoms with Crippen LogP contribution in [-0.2, 0) is 22.4 Å². The van der Waals surface area contributed by atoms with Crippen LogP contribution in [0.25, 0.3) is 0 Å². The number of piperazine rings is 1. The number of carbonyl (C=O) groups excluding carboxylic acids is 2. The highest BCUT2D eigenvalue weighted by molar-refractivity contribution is 7.15. The van der Waals surface area contributed by atoms with Crippen molar-refractivity contribution in [3.63, 3.8) is 0 Å². The first-order chi connectivity index (χ1) is 13.2. The van der Waals surface area contributed by atoms with Gasteiger partial charge in [0.25, 0.3) is 0 Å². The van der Waals surface area contributed by atoms with E-state index in [0.717, 1.165) is 76.4 Å². The summed E-state index contributed by atoms with van der Waals surface area (Å²) in [6, 6.07) is 0. The maximum atomic E-state index is 12.4. The quantitative estimate of drug-likeness (QED) is 0.837.